The first-order chi connectivity index (χ1) is 20.3. The van der Waals surface area contributed by atoms with E-state index >= 15 is 0 Å². The highest BCUT2D eigenvalue weighted by Gasteiger charge is 2.19. The van der Waals surface area contributed by atoms with Crippen molar-refractivity contribution < 1.29 is 42.7 Å². The van der Waals surface area contributed by atoms with E-state index in [0.29, 0.717) is 84.9 Å². The van der Waals surface area contributed by atoms with Gasteiger partial charge >= 0.3 is 5.97 Å². The van der Waals surface area contributed by atoms with Gasteiger partial charge in [0.15, 0.2) is 0 Å². The van der Waals surface area contributed by atoms with Gasteiger partial charge in [-0.15, -0.1) is 0 Å². The third-order valence-corrected chi connectivity index (χ3v) is 5.44. The predicted molar refractivity (Wildman–Crippen MR) is 152 cm³/mol. The Kier molecular flexibility index (Phi) is 19.6. The maximum Gasteiger partial charge on any atom is 0.349 e. The minimum absolute atomic E-state index is 0.0250. The number of nitriles is 1. The zero-order chi connectivity index (χ0) is 29.2. The average molecular weight is 572 g/mol. The Morgan fingerprint density at radius 3 is 1.24 bits per heavy atom. The Balaban J connectivity index is 1.49. The van der Waals surface area contributed by atoms with Crippen LogP contribution in [0.25, 0.3) is 5.57 Å². The van der Waals surface area contributed by atoms with Crippen molar-refractivity contribution in [1.82, 2.24) is 0 Å². The summed E-state index contributed by atoms with van der Waals surface area (Å²) >= 11 is 0. The Morgan fingerprint density at radius 1 is 0.561 bits per heavy atom. The molecule has 0 unspecified atom stereocenters. The summed E-state index contributed by atoms with van der Waals surface area (Å²) in [6.45, 7) is 6.01. The summed E-state index contributed by atoms with van der Waals surface area (Å²) in [7, 11) is 1.64. The van der Waals surface area contributed by atoms with Crippen molar-refractivity contribution in [1.29, 1.82) is 5.26 Å². The molecule has 0 atom stereocenters. The van der Waals surface area contributed by atoms with Crippen LogP contribution in [-0.4, -0.2) is 106 Å². The highest BCUT2D eigenvalue weighted by Crippen LogP contribution is 2.27. The number of hydrogen-bond acceptors (Lipinski definition) is 10. The molecule has 0 radical (unpaired) electrons. The van der Waals surface area contributed by atoms with Gasteiger partial charge in [-0.2, -0.15) is 5.26 Å². The minimum atomic E-state index is -0.688. The first-order valence-corrected chi connectivity index (χ1v) is 13.7. The molecule has 0 aliphatic carbocycles. The first kappa shape index (κ1) is 34.1. The van der Waals surface area contributed by atoms with Crippen molar-refractivity contribution in [3.8, 4) is 6.07 Å². The standard InChI is InChI=1S/C31H41NO9/c1-34-12-13-35-14-15-36-16-17-37-18-19-38-20-21-39-22-23-40-24-25-41-31(33)29(26-32)30(27-8-4-2-5-9-27)28-10-6-3-7-11-28/h2-11H,12-25H2,1H3. The summed E-state index contributed by atoms with van der Waals surface area (Å²) < 4.78 is 42.7. The molecule has 0 heterocycles. The van der Waals surface area contributed by atoms with Gasteiger partial charge < -0.3 is 37.9 Å². The zero-order valence-corrected chi connectivity index (χ0v) is 23.8. The predicted octanol–water partition coefficient (Wildman–Crippen LogP) is 3.30. The van der Waals surface area contributed by atoms with Crippen LogP contribution < -0.4 is 0 Å². The topological polar surface area (TPSA) is 115 Å². The van der Waals surface area contributed by atoms with E-state index in [1.54, 1.807) is 7.11 Å². The lowest BCUT2D eigenvalue weighted by Gasteiger charge is -2.12. The van der Waals surface area contributed by atoms with Gasteiger partial charge in [0.25, 0.3) is 0 Å². The Labute approximate surface area is 242 Å². The molecule has 2 aromatic carbocycles. The maximum absolute atomic E-state index is 12.7. The second kappa shape index (κ2) is 23.6. The van der Waals surface area contributed by atoms with Crippen LogP contribution in [-0.2, 0) is 42.7 Å². The molecule has 0 saturated carbocycles. The molecule has 0 saturated heterocycles. The molecule has 0 spiro atoms. The van der Waals surface area contributed by atoms with Crippen LogP contribution in [0.5, 0.6) is 0 Å². The summed E-state index contributed by atoms with van der Waals surface area (Å²) in [5.74, 6) is -0.688. The molecule has 224 valence electrons. The third kappa shape index (κ3) is 15.4. The highest BCUT2D eigenvalue weighted by atomic mass is 16.6. The normalized spacial score (nSPS) is 10.7. The van der Waals surface area contributed by atoms with Crippen LogP contribution in [0.2, 0.25) is 0 Å². The van der Waals surface area contributed by atoms with Gasteiger partial charge in [0.2, 0.25) is 0 Å². The number of methoxy groups -OCH3 is 1. The summed E-state index contributed by atoms with van der Waals surface area (Å²) in [5.41, 5.74) is 2.01. The number of hydrogen-bond donors (Lipinski definition) is 0. The lowest BCUT2D eigenvalue weighted by Crippen LogP contribution is -2.16. The maximum atomic E-state index is 12.7. The van der Waals surface area contributed by atoms with Gasteiger partial charge in [-0.3, -0.25) is 0 Å². The molecular formula is C31H41NO9. The minimum Gasteiger partial charge on any atom is -0.459 e. The van der Waals surface area contributed by atoms with E-state index in [2.05, 4.69) is 0 Å². The summed E-state index contributed by atoms with van der Waals surface area (Å²) in [4.78, 5) is 12.7. The molecule has 0 amide bonds. The van der Waals surface area contributed by atoms with E-state index in [1.807, 2.05) is 66.7 Å². The second-order valence-corrected chi connectivity index (χ2v) is 8.40. The molecule has 0 aliphatic heterocycles. The largest absolute Gasteiger partial charge is 0.459 e. The molecular weight excluding hydrogens is 530 g/mol. The fraction of sp³-hybridized carbons (Fsp3) is 0.484. The summed E-state index contributed by atoms with van der Waals surface area (Å²) in [6, 6.07) is 20.7. The molecule has 10 nitrogen and oxygen atoms in total. The highest BCUT2D eigenvalue weighted by molar-refractivity contribution is 6.05. The lowest BCUT2D eigenvalue weighted by molar-refractivity contribution is -0.140. The SMILES string of the molecule is COCCOCCOCCOCCOCCOCCOCCOC(=O)C(C#N)=C(c1ccccc1)c1ccccc1. The van der Waals surface area contributed by atoms with Crippen molar-refractivity contribution in [3.63, 3.8) is 0 Å². The van der Waals surface area contributed by atoms with E-state index in [-0.39, 0.29) is 18.8 Å². The number of nitrogens with zero attached hydrogens (tertiary/aromatic N) is 1. The monoisotopic (exact) mass is 571 g/mol. The van der Waals surface area contributed by atoms with Gasteiger partial charge in [0, 0.05) is 12.7 Å². The van der Waals surface area contributed by atoms with E-state index in [4.69, 9.17) is 37.9 Å². The Bertz CT molecular complexity index is 968. The molecule has 0 fully saturated rings. The number of ether oxygens (including phenoxy) is 8. The van der Waals surface area contributed by atoms with E-state index in [9.17, 15) is 10.1 Å². The van der Waals surface area contributed by atoms with Crippen molar-refractivity contribution >= 4 is 11.5 Å². The number of carbonyl (C=O) groups is 1. The van der Waals surface area contributed by atoms with Gasteiger partial charge in [-0.05, 0) is 11.1 Å². The summed E-state index contributed by atoms with van der Waals surface area (Å²) in [6.07, 6.45) is 0. The number of rotatable bonds is 24. The molecule has 10 heteroatoms. The third-order valence-electron chi connectivity index (χ3n) is 5.44. The van der Waals surface area contributed by atoms with Gasteiger partial charge in [-0.1, -0.05) is 60.7 Å². The van der Waals surface area contributed by atoms with Crippen LogP contribution in [0.3, 0.4) is 0 Å². The second-order valence-electron chi connectivity index (χ2n) is 8.40. The van der Waals surface area contributed by atoms with Gasteiger partial charge in [-0.25, -0.2) is 4.79 Å². The Morgan fingerprint density at radius 2 is 0.902 bits per heavy atom. The summed E-state index contributed by atoms with van der Waals surface area (Å²) in [5, 5.41) is 9.78. The van der Waals surface area contributed by atoms with Crippen LogP contribution in [0.15, 0.2) is 66.2 Å². The van der Waals surface area contributed by atoms with Gasteiger partial charge in [0.1, 0.15) is 18.2 Å². The van der Waals surface area contributed by atoms with Crippen LogP contribution >= 0.6 is 0 Å². The van der Waals surface area contributed by atoms with Crippen LogP contribution in [0, 0.1) is 11.3 Å². The smallest absolute Gasteiger partial charge is 0.349 e. The molecule has 2 aromatic rings. The average Bonchev–Trinajstić information content (AvgIpc) is 3.01. The van der Waals surface area contributed by atoms with Crippen molar-refractivity contribution in [2.45, 2.75) is 0 Å². The van der Waals surface area contributed by atoms with Crippen LogP contribution in [0.1, 0.15) is 11.1 Å². The molecule has 0 aliphatic rings. The van der Waals surface area contributed by atoms with E-state index in [0.717, 1.165) is 11.1 Å². The Hall–Kier alpha value is -3.14. The van der Waals surface area contributed by atoms with Crippen molar-refractivity contribution in [2.75, 3.05) is 99.6 Å². The lowest BCUT2D eigenvalue weighted by atomic mass is 9.93. The van der Waals surface area contributed by atoms with Crippen molar-refractivity contribution in [3.05, 3.63) is 77.4 Å². The van der Waals surface area contributed by atoms with E-state index in [1.165, 1.54) is 0 Å². The zero-order valence-electron chi connectivity index (χ0n) is 23.8. The molecule has 2 rings (SSSR count). The molecule has 0 N–H and O–H groups in total. The quantitative estimate of drug-likeness (QED) is 0.0805. The van der Waals surface area contributed by atoms with Gasteiger partial charge in [0.05, 0.1) is 85.9 Å². The molecule has 0 bridgehead atoms. The fourth-order valence-electron chi connectivity index (χ4n) is 3.48. The molecule has 41 heavy (non-hydrogen) atoms. The molecule has 0 aromatic heterocycles. The van der Waals surface area contributed by atoms with E-state index < -0.39 is 5.97 Å². The number of esters is 1. The fourth-order valence-corrected chi connectivity index (χ4v) is 3.48. The van der Waals surface area contributed by atoms with Crippen LogP contribution in [0.4, 0.5) is 0 Å². The van der Waals surface area contributed by atoms with Crippen molar-refractivity contribution in [2.24, 2.45) is 0 Å². The number of benzene rings is 2. The first-order valence-electron chi connectivity index (χ1n) is 13.7. The number of carbonyl (C=O) groups excluding carboxylic acids is 1.